The zero-order valence-electron chi connectivity index (χ0n) is 17.8. The van der Waals surface area contributed by atoms with E-state index in [4.69, 9.17) is 4.74 Å². The Morgan fingerprint density at radius 1 is 1.07 bits per heavy atom. The summed E-state index contributed by atoms with van der Waals surface area (Å²) in [5.41, 5.74) is 1.09. The van der Waals surface area contributed by atoms with E-state index in [-0.39, 0.29) is 38.5 Å². The predicted octanol–water partition coefficient (Wildman–Crippen LogP) is 4.85. The molecular weight excluding hydrogens is 384 g/mol. The topological polar surface area (TPSA) is 60.4 Å². The summed E-state index contributed by atoms with van der Waals surface area (Å²) in [6.45, 7) is 6.42. The molecule has 7 atom stereocenters. The summed E-state index contributed by atoms with van der Waals surface area (Å²) in [6, 6.07) is 0. The van der Waals surface area contributed by atoms with Crippen LogP contribution in [0, 0.1) is 28.6 Å². The van der Waals surface area contributed by atoms with Gasteiger partial charge in [-0.25, -0.2) is 0 Å². The third-order valence-corrected chi connectivity index (χ3v) is 10.7. The van der Waals surface area contributed by atoms with Gasteiger partial charge in [-0.15, -0.1) is 0 Å². The molecule has 0 bridgehead atoms. The van der Waals surface area contributed by atoms with E-state index in [1.807, 2.05) is 6.08 Å². The summed E-state index contributed by atoms with van der Waals surface area (Å²) in [5, 5.41) is 0.409. The van der Waals surface area contributed by atoms with Crippen LogP contribution in [0.25, 0.3) is 0 Å². The maximum absolute atomic E-state index is 12.2. The standard InChI is InChI=1S/C24H32O4S/c1-14(25)29-19-13-15-12-16(26)4-8-22(15,2)17-5-9-23(3)18(21(17)19)6-10-24(23)11-7-20(27)28-24/h12,17-19,21H,4-11,13H2,1-3H3/t17-,18-,19+,21+,22-,23-,24+/m1/s1. The molecule has 1 saturated heterocycles. The molecule has 1 spiro atoms. The summed E-state index contributed by atoms with van der Waals surface area (Å²) in [4.78, 5) is 36.4. The van der Waals surface area contributed by atoms with Crippen molar-refractivity contribution in [3.8, 4) is 0 Å². The number of hydrogen-bond donors (Lipinski definition) is 0. The molecule has 0 aromatic heterocycles. The molecule has 3 saturated carbocycles. The van der Waals surface area contributed by atoms with E-state index >= 15 is 0 Å². The predicted molar refractivity (Wildman–Crippen MR) is 112 cm³/mol. The number of thioether (sulfide) groups is 1. The van der Waals surface area contributed by atoms with E-state index in [1.165, 1.54) is 17.3 Å². The Balaban J connectivity index is 1.56. The molecule has 0 radical (unpaired) electrons. The molecule has 5 heteroatoms. The van der Waals surface area contributed by atoms with E-state index in [2.05, 4.69) is 13.8 Å². The van der Waals surface area contributed by atoms with Gasteiger partial charge in [-0.3, -0.25) is 14.4 Å². The van der Waals surface area contributed by atoms with Gasteiger partial charge < -0.3 is 4.74 Å². The van der Waals surface area contributed by atoms with Crippen molar-refractivity contribution in [1.29, 1.82) is 0 Å². The molecule has 5 rings (SSSR count). The maximum atomic E-state index is 12.2. The van der Waals surface area contributed by atoms with Crippen LogP contribution >= 0.6 is 11.8 Å². The number of carbonyl (C=O) groups is 3. The normalized spacial score (nSPS) is 48.6. The van der Waals surface area contributed by atoms with Crippen molar-refractivity contribution in [3.63, 3.8) is 0 Å². The van der Waals surface area contributed by atoms with Gasteiger partial charge in [0, 0.05) is 30.4 Å². The van der Waals surface area contributed by atoms with Crippen molar-refractivity contribution in [3.05, 3.63) is 11.6 Å². The second-order valence-corrected chi connectivity index (χ2v) is 12.1. The molecule has 0 aromatic rings. The van der Waals surface area contributed by atoms with Crippen LogP contribution in [-0.4, -0.2) is 27.7 Å². The van der Waals surface area contributed by atoms with Crippen molar-refractivity contribution in [1.82, 2.24) is 0 Å². The second-order valence-electron chi connectivity index (χ2n) is 10.7. The van der Waals surface area contributed by atoms with Crippen LogP contribution in [0.5, 0.6) is 0 Å². The minimum Gasteiger partial charge on any atom is -0.458 e. The average molecular weight is 417 g/mol. The highest BCUT2D eigenvalue weighted by Crippen LogP contribution is 2.70. The number of ether oxygens (including phenoxy) is 1. The van der Waals surface area contributed by atoms with Crippen molar-refractivity contribution in [2.75, 3.05) is 0 Å². The Kier molecular flexibility index (Phi) is 4.41. The highest BCUT2D eigenvalue weighted by Gasteiger charge is 2.68. The lowest BCUT2D eigenvalue weighted by Crippen LogP contribution is -2.57. The SMILES string of the molecule is CC(=O)S[C@H]1CC2=CC(=O)CC[C@@]2(C)[C@@H]2CC[C@]3(C)[C@H](CC[C@]34CCC(=O)O4)[C@@H]12. The first-order valence-corrected chi connectivity index (χ1v) is 12.2. The van der Waals surface area contributed by atoms with Gasteiger partial charge in [-0.05, 0) is 74.2 Å². The molecule has 0 unspecified atom stereocenters. The molecule has 4 fully saturated rings. The maximum Gasteiger partial charge on any atom is 0.306 e. The van der Waals surface area contributed by atoms with Crippen LogP contribution in [-0.2, 0) is 19.1 Å². The Morgan fingerprint density at radius 3 is 2.52 bits per heavy atom. The van der Waals surface area contributed by atoms with E-state index in [9.17, 15) is 14.4 Å². The van der Waals surface area contributed by atoms with E-state index < -0.39 is 0 Å². The number of fused-ring (bicyclic) bond motifs is 6. The molecule has 0 N–H and O–H groups in total. The largest absolute Gasteiger partial charge is 0.458 e. The molecule has 158 valence electrons. The van der Waals surface area contributed by atoms with Crippen molar-refractivity contribution < 1.29 is 19.1 Å². The molecule has 1 heterocycles. The fourth-order valence-corrected chi connectivity index (χ4v) is 9.36. The van der Waals surface area contributed by atoms with E-state index in [0.717, 1.165) is 44.9 Å². The van der Waals surface area contributed by atoms with E-state index in [0.29, 0.717) is 30.6 Å². The lowest BCUT2D eigenvalue weighted by Gasteiger charge is -2.61. The molecule has 0 amide bonds. The molecule has 0 aromatic carbocycles. The molecule has 1 aliphatic heterocycles. The number of esters is 1. The summed E-state index contributed by atoms with van der Waals surface area (Å²) < 4.78 is 6.06. The second kappa shape index (κ2) is 6.45. The molecule has 5 aliphatic rings. The van der Waals surface area contributed by atoms with Crippen molar-refractivity contribution in [2.24, 2.45) is 28.6 Å². The molecule has 4 nitrogen and oxygen atoms in total. The van der Waals surface area contributed by atoms with Gasteiger partial charge in [0.05, 0.1) is 0 Å². The van der Waals surface area contributed by atoms with Gasteiger partial charge in [0.25, 0.3) is 0 Å². The summed E-state index contributed by atoms with van der Waals surface area (Å²) in [7, 11) is 0. The van der Waals surface area contributed by atoms with Gasteiger partial charge in [0.15, 0.2) is 10.9 Å². The van der Waals surface area contributed by atoms with Crippen molar-refractivity contribution in [2.45, 2.75) is 89.4 Å². The Morgan fingerprint density at radius 2 is 1.83 bits per heavy atom. The van der Waals surface area contributed by atoms with Crippen LogP contribution < -0.4 is 0 Å². The van der Waals surface area contributed by atoms with Crippen LogP contribution in [0.3, 0.4) is 0 Å². The molecular formula is C24H32O4S. The third kappa shape index (κ3) is 2.68. The number of carbonyl (C=O) groups excluding carboxylic acids is 3. The summed E-state index contributed by atoms with van der Waals surface area (Å²) >= 11 is 1.50. The fraction of sp³-hybridized carbons (Fsp3) is 0.792. The first-order valence-electron chi connectivity index (χ1n) is 11.3. The van der Waals surface area contributed by atoms with Gasteiger partial charge in [0.2, 0.25) is 0 Å². The van der Waals surface area contributed by atoms with Gasteiger partial charge in [-0.1, -0.05) is 31.2 Å². The smallest absolute Gasteiger partial charge is 0.306 e. The highest BCUT2D eigenvalue weighted by molar-refractivity contribution is 8.14. The third-order valence-electron chi connectivity index (χ3n) is 9.61. The van der Waals surface area contributed by atoms with Gasteiger partial charge in [0.1, 0.15) is 5.60 Å². The Hall–Kier alpha value is -1.10. The first kappa shape index (κ1) is 19.8. The lowest BCUT2D eigenvalue weighted by molar-refractivity contribution is -0.167. The van der Waals surface area contributed by atoms with Crippen LogP contribution in [0.1, 0.15) is 78.6 Å². The zero-order valence-corrected chi connectivity index (χ0v) is 18.6. The Labute approximate surface area is 177 Å². The Bertz CT molecular complexity index is 818. The minimum absolute atomic E-state index is 0.0119. The van der Waals surface area contributed by atoms with Crippen molar-refractivity contribution >= 4 is 28.6 Å². The fourth-order valence-electron chi connectivity index (χ4n) is 8.13. The zero-order chi connectivity index (χ0) is 20.6. The number of rotatable bonds is 1. The van der Waals surface area contributed by atoms with Gasteiger partial charge >= 0.3 is 5.97 Å². The number of hydrogen-bond acceptors (Lipinski definition) is 5. The van der Waals surface area contributed by atoms with E-state index in [1.54, 1.807) is 6.92 Å². The van der Waals surface area contributed by atoms with Crippen LogP contribution in [0.15, 0.2) is 11.6 Å². The first-order chi connectivity index (χ1) is 13.7. The summed E-state index contributed by atoms with van der Waals surface area (Å²) in [5.74, 6) is 1.67. The van der Waals surface area contributed by atoms with Crippen LogP contribution in [0.2, 0.25) is 0 Å². The molecule has 29 heavy (non-hydrogen) atoms. The number of allylic oxidation sites excluding steroid dienone is 1. The van der Waals surface area contributed by atoms with Crippen LogP contribution in [0.4, 0.5) is 0 Å². The summed E-state index contributed by atoms with van der Waals surface area (Å²) in [6.07, 6.45) is 10.0. The molecule has 4 aliphatic carbocycles. The monoisotopic (exact) mass is 416 g/mol. The van der Waals surface area contributed by atoms with Gasteiger partial charge in [-0.2, -0.15) is 0 Å². The average Bonchev–Trinajstić information content (AvgIpc) is 3.17. The minimum atomic E-state index is -0.287. The number of ketones is 1. The quantitative estimate of drug-likeness (QED) is 0.572. The lowest BCUT2D eigenvalue weighted by atomic mass is 9.46. The highest BCUT2D eigenvalue weighted by atomic mass is 32.2.